The molecule has 0 atom stereocenters. The fraction of sp³-hybridized carbons (Fsp3) is 0.357. The number of hydrogen-bond donors (Lipinski definition) is 0. The fourth-order valence-electron chi connectivity index (χ4n) is 1.88. The van der Waals surface area contributed by atoms with Gasteiger partial charge in [0.25, 0.3) is 0 Å². The van der Waals surface area contributed by atoms with E-state index in [0.717, 1.165) is 30.4 Å². The van der Waals surface area contributed by atoms with Gasteiger partial charge in [-0.05, 0) is 36.5 Å². The smallest absolute Gasteiger partial charge is 0.131 e. The topological polar surface area (TPSA) is 23.8 Å². The molecule has 16 heavy (non-hydrogen) atoms. The maximum Gasteiger partial charge on any atom is 0.131 e. The van der Waals surface area contributed by atoms with Gasteiger partial charge in [-0.25, -0.2) is 4.39 Å². The first-order chi connectivity index (χ1) is 7.63. The molecule has 0 aromatic heterocycles. The molecule has 1 aromatic carbocycles. The van der Waals surface area contributed by atoms with Crippen LogP contribution in [0.3, 0.4) is 0 Å². The van der Waals surface area contributed by atoms with E-state index in [1.807, 2.05) is 13.0 Å². The number of hydrogen-bond acceptors (Lipinski definition) is 1. The van der Waals surface area contributed by atoms with E-state index in [4.69, 9.17) is 5.26 Å². The number of benzene rings is 1. The van der Waals surface area contributed by atoms with Crippen molar-refractivity contribution in [3.63, 3.8) is 0 Å². The monoisotopic (exact) mass is 215 g/mol. The Balaban J connectivity index is 2.38. The summed E-state index contributed by atoms with van der Waals surface area (Å²) in [7, 11) is 0. The number of nitriles is 1. The van der Waals surface area contributed by atoms with Gasteiger partial charge in [0.1, 0.15) is 5.82 Å². The van der Waals surface area contributed by atoms with Gasteiger partial charge in [-0.15, -0.1) is 0 Å². The molecule has 1 aromatic rings. The summed E-state index contributed by atoms with van der Waals surface area (Å²) >= 11 is 0. The number of allylic oxidation sites excluding steroid dienone is 1. The van der Waals surface area contributed by atoms with Gasteiger partial charge in [-0.2, -0.15) is 5.26 Å². The summed E-state index contributed by atoms with van der Waals surface area (Å²) in [5.41, 5.74) is 1.76. The van der Waals surface area contributed by atoms with Crippen molar-refractivity contribution in [1.29, 1.82) is 5.26 Å². The minimum absolute atomic E-state index is 0.258. The first-order valence-corrected chi connectivity index (χ1v) is 5.52. The molecule has 0 bridgehead atoms. The molecule has 1 nitrogen and oxygen atoms in total. The van der Waals surface area contributed by atoms with Crippen LogP contribution < -0.4 is 0 Å². The first kappa shape index (κ1) is 10.9. The summed E-state index contributed by atoms with van der Waals surface area (Å²) < 4.78 is 13.8. The standard InChI is InChI=1S/C14H14FN/c1-3-10(2)12-5-4-11(8-13(12)15)14(9-16)6-7-14/h4-5,8H,2-3,6-7H2,1H3. The molecule has 2 rings (SSSR count). The second-order valence-electron chi connectivity index (χ2n) is 4.35. The van der Waals surface area contributed by atoms with Gasteiger partial charge in [0.2, 0.25) is 0 Å². The van der Waals surface area contributed by atoms with Gasteiger partial charge < -0.3 is 0 Å². The Morgan fingerprint density at radius 2 is 2.25 bits per heavy atom. The zero-order chi connectivity index (χ0) is 11.8. The highest BCUT2D eigenvalue weighted by atomic mass is 19.1. The SMILES string of the molecule is C=C(CC)c1ccc(C2(C#N)CC2)cc1F. The quantitative estimate of drug-likeness (QED) is 0.752. The van der Waals surface area contributed by atoms with Crippen molar-refractivity contribution < 1.29 is 4.39 Å². The summed E-state index contributed by atoms with van der Waals surface area (Å²) in [5, 5.41) is 9.04. The molecule has 1 aliphatic rings. The van der Waals surface area contributed by atoms with Crippen molar-refractivity contribution in [3.05, 3.63) is 41.7 Å². The highest BCUT2D eigenvalue weighted by Crippen LogP contribution is 2.47. The van der Waals surface area contributed by atoms with Gasteiger partial charge in [0.05, 0.1) is 11.5 Å². The van der Waals surface area contributed by atoms with Gasteiger partial charge in [0.15, 0.2) is 0 Å². The van der Waals surface area contributed by atoms with E-state index in [0.29, 0.717) is 5.56 Å². The molecule has 1 fully saturated rings. The third kappa shape index (κ3) is 1.63. The lowest BCUT2D eigenvalue weighted by Gasteiger charge is -2.10. The Morgan fingerprint density at radius 3 is 2.69 bits per heavy atom. The van der Waals surface area contributed by atoms with Crippen LogP contribution >= 0.6 is 0 Å². The van der Waals surface area contributed by atoms with Crippen LogP contribution in [0.15, 0.2) is 24.8 Å². The molecule has 1 aliphatic carbocycles. The van der Waals surface area contributed by atoms with E-state index in [1.54, 1.807) is 6.07 Å². The van der Waals surface area contributed by atoms with Crippen LogP contribution in [-0.4, -0.2) is 0 Å². The van der Waals surface area contributed by atoms with Crippen LogP contribution in [0.4, 0.5) is 4.39 Å². The lowest BCUT2D eigenvalue weighted by molar-refractivity contribution is 0.619. The third-order valence-corrected chi connectivity index (χ3v) is 3.29. The molecule has 1 saturated carbocycles. The Kier molecular flexibility index (Phi) is 2.55. The van der Waals surface area contributed by atoms with Gasteiger partial charge in [-0.3, -0.25) is 0 Å². The van der Waals surface area contributed by atoms with Gasteiger partial charge >= 0.3 is 0 Å². The zero-order valence-electron chi connectivity index (χ0n) is 9.39. The largest absolute Gasteiger partial charge is 0.206 e. The van der Waals surface area contributed by atoms with E-state index in [9.17, 15) is 4.39 Å². The van der Waals surface area contributed by atoms with Crippen LogP contribution in [-0.2, 0) is 5.41 Å². The molecule has 0 spiro atoms. The Labute approximate surface area is 95.2 Å². The van der Waals surface area contributed by atoms with Crippen LogP contribution in [0.1, 0.15) is 37.3 Å². The number of rotatable bonds is 3. The highest BCUT2D eigenvalue weighted by molar-refractivity contribution is 5.64. The van der Waals surface area contributed by atoms with Crippen LogP contribution in [0, 0.1) is 17.1 Å². The Bertz CT molecular complexity index is 478. The molecule has 2 heteroatoms. The average molecular weight is 215 g/mol. The van der Waals surface area contributed by atoms with Crippen molar-refractivity contribution in [1.82, 2.24) is 0 Å². The minimum Gasteiger partial charge on any atom is -0.206 e. The molecular formula is C14H14FN. The molecule has 0 aliphatic heterocycles. The number of halogens is 1. The predicted octanol–water partition coefficient (Wildman–Crippen LogP) is 3.80. The van der Waals surface area contributed by atoms with Gasteiger partial charge in [-0.1, -0.05) is 25.6 Å². The Morgan fingerprint density at radius 1 is 1.56 bits per heavy atom. The molecule has 82 valence electrons. The summed E-state index contributed by atoms with van der Waals surface area (Å²) in [6.07, 6.45) is 2.42. The third-order valence-electron chi connectivity index (χ3n) is 3.29. The summed E-state index contributed by atoms with van der Waals surface area (Å²) in [5.74, 6) is -0.258. The van der Waals surface area contributed by atoms with Crippen LogP contribution in [0.25, 0.3) is 5.57 Å². The van der Waals surface area contributed by atoms with E-state index < -0.39 is 5.41 Å². The van der Waals surface area contributed by atoms with E-state index in [2.05, 4.69) is 12.6 Å². The van der Waals surface area contributed by atoms with Crippen LogP contribution in [0.5, 0.6) is 0 Å². The van der Waals surface area contributed by atoms with Gasteiger partial charge in [0, 0.05) is 5.56 Å². The maximum absolute atomic E-state index is 13.8. The normalized spacial score (nSPS) is 16.6. The summed E-state index contributed by atoms with van der Waals surface area (Å²) in [6, 6.07) is 7.36. The van der Waals surface area contributed by atoms with E-state index >= 15 is 0 Å². The molecule has 0 N–H and O–H groups in total. The molecule has 0 heterocycles. The second-order valence-corrected chi connectivity index (χ2v) is 4.35. The van der Waals surface area contributed by atoms with Crippen molar-refractivity contribution in [3.8, 4) is 6.07 Å². The van der Waals surface area contributed by atoms with Crippen LogP contribution in [0.2, 0.25) is 0 Å². The summed E-state index contributed by atoms with van der Waals surface area (Å²) in [4.78, 5) is 0. The van der Waals surface area contributed by atoms with Crippen molar-refractivity contribution >= 4 is 5.57 Å². The van der Waals surface area contributed by atoms with Crippen molar-refractivity contribution in [2.75, 3.05) is 0 Å². The van der Waals surface area contributed by atoms with Crippen molar-refractivity contribution in [2.24, 2.45) is 0 Å². The first-order valence-electron chi connectivity index (χ1n) is 5.52. The zero-order valence-corrected chi connectivity index (χ0v) is 9.39. The lowest BCUT2D eigenvalue weighted by atomic mass is 9.94. The van der Waals surface area contributed by atoms with E-state index in [1.165, 1.54) is 6.07 Å². The lowest BCUT2D eigenvalue weighted by Crippen LogP contribution is -2.03. The Hall–Kier alpha value is -1.62. The van der Waals surface area contributed by atoms with Crippen molar-refractivity contribution in [2.45, 2.75) is 31.6 Å². The molecule has 0 amide bonds. The molecule has 0 radical (unpaired) electrons. The second kappa shape index (κ2) is 3.75. The average Bonchev–Trinajstić information content (AvgIpc) is 3.09. The molecule has 0 saturated heterocycles. The number of nitrogens with zero attached hydrogens (tertiary/aromatic N) is 1. The predicted molar refractivity (Wildman–Crippen MR) is 62.3 cm³/mol. The summed E-state index contributed by atoms with van der Waals surface area (Å²) in [6.45, 7) is 5.78. The molecule has 0 unspecified atom stereocenters. The van der Waals surface area contributed by atoms with E-state index in [-0.39, 0.29) is 5.82 Å². The minimum atomic E-state index is -0.410. The molecular weight excluding hydrogens is 201 g/mol. The maximum atomic E-state index is 13.8. The fourth-order valence-corrected chi connectivity index (χ4v) is 1.88. The highest BCUT2D eigenvalue weighted by Gasteiger charge is 2.45.